The Balaban J connectivity index is 1.70. The molecule has 0 saturated heterocycles. The van der Waals surface area contributed by atoms with Gasteiger partial charge in [-0.05, 0) is 30.3 Å². The lowest BCUT2D eigenvalue weighted by molar-refractivity contribution is -0.125. The summed E-state index contributed by atoms with van der Waals surface area (Å²) in [4.78, 5) is 12.2. The van der Waals surface area contributed by atoms with Crippen LogP contribution in [0, 0.1) is 0 Å². The number of benzene rings is 2. The van der Waals surface area contributed by atoms with Crippen LogP contribution in [0.2, 0.25) is 10.0 Å². The molecule has 21 heavy (non-hydrogen) atoms. The highest BCUT2D eigenvalue weighted by Crippen LogP contribution is 2.31. The minimum absolute atomic E-state index is 0.157. The molecule has 108 valence electrons. The molecule has 1 amide bonds. The molecule has 0 saturated carbocycles. The molecule has 0 radical (unpaired) electrons. The summed E-state index contributed by atoms with van der Waals surface area (Å²) in [7, 11) is 0. The molecule has 1 atom stereocenters. The minimum Gasteiger partial charge on any atom is -0.485 e. The van der Waals surface area contributed by atoms with E-state index in [9.17, 15) is 4.79 Å². The maximum Gasteiger partial charge on any atom is 0.269 e. The number of carbonyl (C=O) groups is 1. The lowest BCUT2D eigenvalue weighted by Crippen LogP contribution is -2.40. The van der Waals surface area contributed by atoms with Crippen LogP contribution in [0.1, 0.15) is 0 Å². The lowest BCUT2D eigenvalue weighted by Gasteiger charge is -2.25. The van der Waals surface area contributed by atoms with Gasteiger partial charge in [-0.3, -0.25) is 4.79 Å². The molecule has 0 spiro atoms. The molecule has 0 unspecified atom stereocenters. The van der Waals surface area contributed by atoms with Crippen LogP contribution in [0.15, 0.2) is 42.5 Å². The molecule has 1 heterocycles. The van der Waals surface area contributed by atoms with Crippen molar-refractivity contribution < 1.29 is 14.3 Å². The number of anilines is 1. The van der Waals surface area contributed by atoms with Gasteiger partial charge in [0.2, 0.25) is 6.10 Å². The molecule has 4 nitrogen and oxygen atoms in total. The van der Waals surface area contributed by atoms with Gasteiger partial charge in [0.25, 0.3) is 5.91 Å². The van der Waals surface area contributed by atoms with Crippen molar-refractivity contribution in [1.29, 1.82) is 0 Å². The molecule has 0 bridgehead atoms. The Bertz CT molecular complexity index is 690. The average Bonchev–Trinajstić information content (AvgIpc) is 2.50. The summed E-state index contributed by atoms with van der Waals surface area (Å²) in [5.74, 6) is 0.886. The zero-order valence-corrected chi connectivity index (χ0v) is 12.3. The standard InChI is InChI=1S/C15H11Cl2NO3/c16-10-6-5-9(7-11(10)17)18-15(19)14-8-20-12-3-1-2-4-13(12)21-14/h1-7,14H,8H2,(H,18,19)/t14-/m0/s1. The highest BCUT2D eigenvalue weighted by Gasteiger charge is 2.27. The fourth-order valence-corrected chi connectivity index (χ4v) is 2.24. The summed E-state index contributed by atoms with van der Waals surface area (Å²) in [6.07, 6.45) is -0.714. The summed E-state index contributed by atoms with van der Waals surface area (Å²) >= 11 is 11.7. The zero-order valence-electron chi connectivity index (χ0n) is 10.8. The summed E-state index contributed by atoms with van der Waals surface area (Å²) in [6, 6.07) is 12.1. The number of ether oxygens (including phenoxy) is 2. The second-order valence-corrected chi connectivity index (χ2v) is 5.30. The first kappa shape index (κ1) is 14.0. The van der Waals surface area contributed by atoms with Crippen molar-refractivity contribution in [3.8, 4) is 11.5 Å². The molecule has 0 fully saturated rings. The molecule has 1 N–H and O–H groups in total. The van der Waals surface area contributed by atoms with E-state index in [0.717, 1.165) is 0 Å². The van der Waals surface area contributed by atoms with Crippen molar-refractivity contribution in [3.63, 3.8) is 0 Å². The normalized spacial score (nSPS) is 16.4. The van der Waals surface area contributed by atoms with Crippen molar-refractivity contribution in [2.75, 3.05) is 11.9 Å². The quantitative estimate of drug-likeness (QED) is 0.915. The Morgan fingerprint density at radius 1 is 1.10 bits per heavy atom. The monoisotopic (exact) mass is 323 g/mol. The Kier molecular flexibility index (Phi) is 3.90. The summed E-state index contributed by atoms with van der Waals surface area (Å²) in [5.41, 5.74) is 0.553. The third-order valence-electron chi connectivity index (χ3n) is 2.99. The van der Waals surface area contributed by atoms with E-state index in [1.54, 1.807) is 30.3 Å². The second kappa shape index (κ2) is 5.84. The first-order valence-electron chi connectivity index (χ1n) is 6.28. The van der Waals surface area contributed by atoms with E-state index in [0.29, 0.717) is 27.2 Å². The van der Waals surface area contributed by atoms with Crippen molar-refractivity contribution in [2.24, 2.45) is 0 Å². The molecule has 1 aliphatic heterocycles. The third-order valence-corrected chi connectivity index (χ3v) is 3.73. The Hall–Kier alpha value is -1.91. The van der Waals surface area contributed by atoms with Gasteiger partial charge in [0.15, 0.2) is 11.5 Å². The molecule has 1 aliphatic rings. The smallest absolute Gasteiger partial charge is 0.269 e. The zero-order chi connectivity index (χ0) is 14.8. The van der Waals surface area contributed by atoms with Crippen molar-refractivity contribution in [2.45, 2.75) is 6.10 Å². The third kappa shape index (κ3) is 3.06. The van der Waals surface area contributed by atoms with Crippen molar-refractivity contribution >= 4 is 34.8 Å². The predicted octanol–water partition coefficient (Wildman–Crippen LogP) is 3.77. The van der Waals surface area contributed by atoms with Crippen LogP contribution in [-0.2, 0) is 4.79 Å². The molecular weight excluding hydrogens is 313 g/mol. The predicted molar refractivity (Wildman–Crippen MR) is 81.4 cm³/mol. The number of rotatable bonds is 2. The molecule has 6 heteroatoms. The van der Waals surface area contributed by atoms with Gasteiger partial charge in [0.1, 0.15) is 6.61 Å². The maximum absolute atomic E-state index is 12.2. The second-order valence-electron chi connectivity index (χ2n) is 4.48. The molecule has 3 rings (SSSR count). The van der Waals surface area contributed by atoms with E-state index in [2.05, 4.69) is 5.32 Å². The van der Waals surface area contributed by atoms with Crippen LogP contribution in [0.4, 0.5) is 5.69 Å². The van der Waals surface area contributed by atoms with Gasteiger partial charge < -0.3 is 14.8 Å². The van der Waals surface area contributed by atoms with E-state index in [1.165, 1.54) is 0 Å². The average molecular weight is 324 g/mol. The number of fused-ring (bicyclic) bond motifs is 1. The van der Waals surface area contributed by atoms with Gasteiger partial charge in [0.05, 0.1) is 10.0 Å². The Labute approximate surface area is 131 Å². The number of para-hydroxylation sites is 2. The van der Waals surface area contributed by atoms with Crippen LogP contribution in [0.3, 0.4) is 0 Å². The lowest BCUT2D eigenvalue weighted by atomic mass is 10.2. The SMILES string of the molecule is O=C(Nc1ccc(Cl)c(Cl)c1)[C@@H]1COc2ccccc2O1. The number of hydrogen-bond donors (Lipinski definition) is 1. The number of halogens is 2. The maximum atomic E-state index is 12.2. The van der Waals surface area contributed by atoms with Gasteiger partial charge in [-0.15, -0.1) is 0 Å². The summed E-state index contributed by atoms with van der Waals surface area (Å²) < 4.78 is 11.1. The highest BCUT2D eigenvalue weighted by molar-refractivity contribution is 6.42. The number of amides is 1. The van der Waals surface area contributed by atoms with Crippen LogP contribution < -0.4 is 14.8 Å². The molecule has 0 aliphatic carbocycles. The van der Waals surface area contributed by atoms with E-state index < -0.39 is 6.10 Å². The van der Waals surface area contributed by atoms with Crippen molar-refractivity contribution in [3.05, 3.63) is 52.5 Å². The van der Waals surface area contributed by atoms with E-state index in [4.69, 9.17) is 32.7 Å². The molecular formula is C15H11Cl2NO3. The van der Waals surface area contributed by atoms with Crippen LogP contribution in [0.5, 0.6) is 11.5 Å². The fourth-order valence-electron chi connectivity index (χ4n) is 1.95. The highest BCUT2D eigenvalue weighted by atomic mass is 35.5. The van der Waals surface area contributed by atoms with Crippen molar-refractivity contribution in [1.82, 2.24) is 0 Å². The van der Waals surface area contributed by atoms with Gasteiger partial charge >= 0.3 is 0 Å². The first-order chi connectivity index (χ1) is 10.1. The first-order valence-corrected chi connectivity index (χ1v) is 7.03. The number of hydrogen-bond acceptors (Lipinski definition) is 3. The molecule has 2 aromatic rings. The topological polar surface area (TPSA) is 47.6 Å². The van der Waals surface area contributed by atoms with E-state index in [-0.39, 0.29) is 12.5 Å². The summed E-state index contributed by atoms with van der Waals surface area (Å²) in [5, 5.41) is 3.53. The van der Waals surface area contributed by atoms with Gasteiger partial charge in [-0.2, -0.15) is 0 Å². The van der Waals surface area contributed by atoms with Gasteiger partial charge in [-0.25, -0.2) is 0 Å². The largest absolute Gasteiger partial charge is 0.485 e. The Morgan fingerprint density at radius 2 is 1.86 bits per heavy atom. The molecule has 0 aromatic heterocycles. The van der Waals surface area contributed by atoms with Crippen LogP contribution in [0.25, 0.3) is 0 Å². The van der Waals surface area contributed by atoms with E-state index >= 15 is 0 Å². The number of nitrogens with one attached hydrogen (secondary N) is 1. The van der Waals surface area contributed by atoms with Gasteiger partial charge in [-0.1, -0.05) is 35.3 Å². The van der Waals surface area contributed by atoms with Gasteiger partial charge in [0, 0.05) is 5.69 Å². The summed E-state index contributed by atoms with van der Waals surface area (Å²) in [6.45, 7) is 0.157. The van der Waals surface area contributed by atoms with Crippen LogP contribution in [-0.4, -0.2) is 18.6 Å². The minimum atomic E-state index is -0.714. The van der Waals surface area contributed by atoms with E-state index in [1.807, 2.05) is 12.1 Å². The molecule has 2 aromatic carbocycles. The Morgan fingerprint density at radius 3 is 2.62 bits per heavy atom. The fraction of sp³-hybridized carbons (Fsp3) is 0.133. The number of carbonyl (C=O) groups excluding carboxylic acids is 1. The van der Waals surface area contributed by atoms with Crippen LogP contribution >= 0.6 is 23.2 Å².